The van der Waals surface area contributed by atoms with E-state index >= 15 is 0 Å². The summed E-state index contributed by atoms with van der Waals surface area (Å²) >= 11 is 0. The number of benzene rings is 1. The van der Waals surface area contributed by atoms with Crippen LogP contribution in [0.3, 0.4) is 0 Å². The van der Waals surface area contributed by atoms with Gasteiger partial charge in [0.2, 0.25) is 0 Å². The number of aliphatic carboxylic acids is 1. The number of halogens is 2. The summed E-state index contributed by atoms with van der Waals surface area (Å²) in [7, 11) is 1.34. The van der Waals surface area contributed by atoms with E-state index in [4.69, 9.17) is 9.84 Å². The predicted octanol–water partition coefficient (Wildman–Crippen LogP) is 3.60. The van der Waals surface area contributed by atoms with E-state index in [2.05, 4.69) is 0 Å². The molecule has 104 valence electrons. The number of ether oxygens (including phenoxy) is 1. The Morgan fingerprint density at radius 1 is 1.42 bits per heavy atom. The number of methoxy groups -OCH3 is 1. The minimum Gasteiger partial charge on any atom is -0.496 e. The maximum atomic E-state index is 12.9. The summed E-state index contributed by atoms with van der Waals surface area (Å²) in [5, 5.41) is 8.97. The van der Waals surface area contributed by atoms with E-state index in [1.807, 2.05) is 0 Å². The van der Waals surface area contributed by atoms with Gasteiger partial charge in [0, 0.05) is 5.92 Å². The lowest BCUT2D eigenvalue weighted by Crippen LogP contribution is -2.10. The van der Waals surface area contributed by atoms with Crippen molar-refractivity contribution in [2.45, 2.75) is 31.6 Å². The fraction of sp³-hybridized carbons (Fsp3) is 0.500. The normalized spacial score (nSPS) is 16.4. The third kappa shape index (κ3) is 3.03. The van der Waals surface area contributed by atoms with Gasteiger partial charge in [-0.1, -0.05) is 12.1 Å². The number of hydrogen-bond acceptors (Lipinski definition) is 2. The Balaban J connectivity index is 2.40. The van der Waals surface area contributed by atoms with Crippen LogP contribution in [0.4, 0.5) is 8.78 Å². The van der Waals surface area contributed by atoms with Crippen molar-refractivity contribution in [3.8, 4) is 5.75 Å². The van der Waals surface area contributed by atoms with E-state index in [-0.39, 0.29) is 29.6 Å². The van der Waals surface area contributed by atoms with Gasteiger partial charge in [-0.2, -0.15) is 0 Å². The van der Waals surface area contributed by atoms with E-state index < -0.39 is 12.4 Å². The fourth-order valence-electron chi connectivity index (χ4n) is 2.49. The minimum absolute atomic E-state index is 0.0479. The van der Waals surface area contributed by atoms with Gasteiger partial charge in [0.05, 0.1) is 19.1 Å². The molecule has 0 aliphatic heterocycles. The molecule has 0 bridgehead atoms. The molecule has 1 atom stereocenters. The Bertz CT molecular complexity index is 470. The van der Waals surface area contributed by atoms with Gasteiger partial charge in [-0.25, -0.2) is 8.78 Å². The summed E-state index contributed by atoms with van der Waals surface area (Å²) < 4.78 is 31.0. The van der Waals surface area contributed by atoms with E-state index in [0.717, 1.165) is 12.8 Å². The third-order valence-electron chi connectivity index (χ3n) is 3.50. The molecule has 5 heteroatoms. The number of hydrogen-bond donors (Lipinski definition) is 1. The highest BCUT2D eigenvalue weighted by molar-refractivity contribution is 5.68. The summed E-state index contributed by atoms with van der Waals surface area (Å²) in [5.74, 6) is -0.763. The highest BCUT2D eigenvalue weighted by Crippen LogP contribution is 2.48. The Morgan fingerprint density at radius 3 is 2.53 bits per heavy atom. The van der Waals surface area contributed by atoms with Gasteiger partial charge in [0.25, 0.3) is 6.43 Å². The molecule has 0 amide bonds. The monoisotopic (exact) mass is 270 g/mol. The zero-order chi connectivity index (χ0) is 14.0. The van der Waals surface area contributed by atoms with Gasteiger partial charge < -0.3 is 9.84 Å². The standard InChI is InChI=1S/C14H16F2O3/c1-19-13-9(3-2-4-10(13)14(15)16)11(7-12(17)18)8-5-6-8/h2-4,8,11,14H,5-7H2,1H3,(H,17,18). The molecule has 1 fully saturated rings. The van der Waals surface area contributed by atoms with Crippen LogP contribution in [0.5, 0.6) is 5.75 Å². The number of rotatable bonds is 6. The quantitative estimate of drug-likeness (QED) is 0.859. The summed E-state index contributed by atoms with van der Waals surface area (Å²) in [6, 6.07) is 4.55. The second kappa shape index (κ2) is 5.55. The van der Waals surface area contributed by atoms with Crippen molar-refractivity contribution in [1.29, 1.82) is 0 Å². The van der Waals surface area contributed by atoms with Crippen molar-refractivity contribution >= 4 is 5.97 Å². The van der Waals surface area contributed by atoms with Crippen LogP contribution in [-0.4, -0.2) is 18.2 Å². The van der Waals surface area contributed by atoms with Gasteiger partial charge in [-0.05, 0) is 30.4 Å². The van der Waals surface area contributed by atoms with Crippen LogP contribution < -0.4 is 4.74 Å². The average molecular weight is 270 g/mol. The van der Waals surface area contributed by atoms with Crippen LogP contribution in [-0.2, 0) is 4.79 Å². The highest BCUT2D eigenvalue weighted by Gasteiger charge is 2.36. The lowest BCUT2D eigenvalue weighted by molar-refractivity contribution is -0.137. The van der Waals surface area contributed by atoms with Crippen LogP contribution >= 0.6 is 0 Å². The first-order valence-corrected chi connectivity index (χ1v) is 6.21. The van der Waals surface area contributed by atoms with Crippen molar-refractivity contribution in [3.63, 3.8) is 0 Å². The maximum absolute atomic E-state index is 12.9. The molecule has 1 aliphatic carbocycles. The molecule has 3 nitrogen and oxygen atoms in total. The predicted molar refractivity (Wildman–Crippen MR) is 65.7 cm³/mol. The largest absolute Gasteiger partial charge is 0.496 e. The third-order valence-corrected chi connectivity index (χ3v) is 3.50. The SMILES string of the molecule is COc1c(C(F)F)cccc1C(CC(=O)O)C1CC1. The summed E-state index contributed by atoms with van der Waals surface area (Å²) in [5.41, 5.74) is 0.418. The van der Waals surface area contributed by atoms with Gasteiger partial charge in [-0.15, -0.1) is 0 Å². The van der Waals surface area contributed by atoms with Crippen molar-refractivity contribution in [2.24, 2.45) is 5.92 Å². The summed E-state index contributed by atoms with van der Waals surface area (Å²) in [6.45, 7) is 0. The van der Waals surface area contributed by atoms with Crippen molar-refractivity contribution < 1.29 is 23.4 Å². The van der Waals surface area contributed by atoms with Crippen molar-refractivity contribution in [2.75, 3.05) is 7.11 Å². The lowest BCUT2D eigenvalue weighted by atomic mass is 9.89. The molecule has 19 heavy (non-hydrogen) atoms. The van der Waals surface area contributed by atoms with Gasteiger partial charge in [-0.3, -0.25) is 4.79 Å². The molecular weight excluding hydrogens is 254 g/mol. The molecule has 1 unspecified atom stereocenters. The number of alkyl halides is 2. The van der Waals surface area contributed by atoms with Gasteiger partial charge >= 0.3 is 5.97 Å². The molecule has 0 radical (unpaired) electrons. The first-order valence-electron chi connectivity index (χ1n) is 6.21. The minimum atomic E-state index is -2.63. The molecule has 0 spiro atoms. The summed E-state index contributed by atoms with van der Waals surface area (Å²) in [4.78, 5) is 10.9. The molecule has 1 aliphatic rings. The second-order valence-corrected chi connectivity index (χ2v) is 4.81. The Kier molecular flexibility index (Phi) is 4.02. The maximum Gasteiger partial charge on any atom is 0.303 e. The molecule has 1 N–H and O–H groups in total. The van der Waals surface area contributed by atoms with E-state index in [9.17, 15) is 13.6 Å². The van der Waals surface area contributed by atoms with Crippen LogP contribution in [0.25, 0.3) is 0 Å². The zero-order valence-electron chi connectivity index (χ0n) is 10.6. The van der Waals surface area contributed by atoms with Crippen LogP contribution in [0.15, 0.2) is 18.2 Å². The van der Waals surface area contributed by atoms with E-state index in [1.54, 1.807) is 6.07 Å². The molecule has 1 saturated carbocycles. The molecule has 2 rings (SSSR count). The van der Waals surface area contributed by atoms with Crippen molar-refractivity contribution in [3.05, 3.63) is 29.3 Å². The topological polar surface area (TPSA) is 46.5 Å². The Hall–Kier alpha value is -1.65. The highest BCUT2D eigenvalue weighted by atomic mass is 19.3. The number of carbonyl (C=O) groups is 1. The number of carboxylic acid groups (broad SMARTS) is 1. The number of para-hydroxylation sites is 1. The number of carboxylic acids is 1. The summed E-state index contributed by atoms with van der Waals surface area (Å²) in [6.07, 6.45) is -0.784. The van der Waals surface area contributed by atoms with Crippen LogP contribution in [0, 0.1) is 5.92 Å². The fourth-order valence-corrected chi connectivity index (χ4v) is 2.49. The average Bonchev–Trinajstić information content (AvgIpc) is 3.18. The first-order chi connectivity index (χ1) is 9.04. The van der Waals surface area contributed by atoms with Crippen LogP contribution in [0.2, 0.25) is 0 Å². The Labute approximate surface area is 110 Å². The first kappa shape index (κ1) is 13.8. The smallest absolute Gasteiger partial charge is 0.303 e. The molecule has 1 aromatic carbocycles. The molecular formula is C14H16F2O3. The zero-order valence-corrected chi connectivity index (χ0v) is 10.6. The molecule has 0 aromatic heterocycles. The van der Waals surface area contributed by atoms with Gasteiger partial charge in [0.1, 0.15) is 5.75 Å². The molecule has 0 saturated heterocycles. The lowest BCUT2D eigenvalue weighted by Gasteiger charge is -2.20. The van der Waals surface area contributed by atoms with Gasteiger partial charge in [0.15, 0.2) is 0 Å². The van der Waals surface area contributed by atoms with Crippen LogP contribution in [0.1, 0.15) is 42.7 Å². The molecule has 0 heterocycles. The molecule has 1 aromatic rings. The Morgan fingerprint density at radius 2 is 2.05 bits per heavy atom. The second-order valence-electron chi connectivity index (χ2n) is 4.81. The van der Waals surface area contributed by atoms with E-state index in [0.29, 0.717) is 5.56 Å². The van der Waals surface area contributed by atoms with E-state index in [1.165, 1.54) is 19.2 Å². The van der Waals surface area contributed by atoms with Crippen molar-refractivity contribution in [1.82, 2.24) is 0 Å².